The number of benzene rings is 1. The number of nitrogens with one attached hydrogen (secondary N) is 3. The first-order valence-electron chi connectivity index (χ1n) is 11.4. The predicted molar refractivity (Wildman–Crippen MR) is 130 cm³/mol. The molecule has 35 heavy (non-hydrogen) atoms. The van der Waals surface area contributed by atoms with Crippen molar-refractivity contribution in [2.45, 2.75) is 62.6 Å². The summed E-state index contributed by atoms with van der Waals surface area (Å²) in [6.45, 7) is 4.04. The van der Waals surface area contributed by atoms with Crippen LogP contribution >= 0.6 is 11.8 Å². The number of carbonyl (C=O) groups is 4. The van der Waals surface area contributed by atoms with Gasteiger partial charge in [-0.3, -0.25) is 29.3 Å². The highest BCUT2D eigenvalue weighted by atomic mass is 32.2. The predicted octanol–water partition coefficient (Wildman–Crippen LogP) is 0.429. The quantitative estimate of drug-likeness (QED) is 0.189. The summed E-state index contributed by atoms with van der Waals surface area (Å²) in [4.78, 5) is 62.5. The minimum Gasteiger partial charge on any atom is -0.368 e. The number of hydrogen-bond acceptors (Lipinski definition) is 8. The molecule has 1 aromatic carbocycles. The molecule has 4 atom stereocenters. The molecular weight excluding hydrogens is 476 g/mol. The molecular formula is C22H32N6O6S. The van der Waals surface area contributed by atoms with Crippen LogP contribution in [0, 0.1) is 16.0 Å². The third-order valence-corrected chi connectivity index (χ3v) is 7.01. The number of nitrogens with two attached hydrogens (primary N) is 2. The molecule has 1 heterocycles. The topological polar surface area (TPSA) is 200 Å². The number of unbranched alkanes of at least 4 members (excludes halogenated alkanes) is 1. The molecule has 0 bridgehead atoms. The Morgan fingerprint density at radius 1 is 1.20 bits per heavy atom. The molecule has 0 aliphatic carbocycles. The van der Waals surface area contributed by atoms with Gasteiger partial charge in [-0.1, -0.05) is 20.3 Å². The standard InChI is InChI=1S/C22H32N6O6S/c1-3-12(2)18-22(32)25-15(6-4-5-9-23)21(31)26-16(19(24)29)11-35-17-8-7-13(28(33)34)10-14(17)20(30)27-18/h7-8,10,12,15-16,18H,3-6,9,11,23H2,1-2H3,(H2,24,29)(H,25,32)(H,26,31)(H,27,30)/t12-,15+,16+,18+/m1/s1. The third kappa shape index (κ3) is 7.65. The Morgan fingerprint density at radius 3 is 2.51 bits per heavy atom. The van der Waals surface area contributed by atoms with Gasteiger partial charge in [-0.05, 0) is 37.8 Å². The molecule has 0 aromatic heterocycles. The smallest absolute Gasteiger partial charge is 0.270 e. The molecule has 0 spiro atoms. The number of fused-ring (bicyclic) bond motifs is 1. The van der Waals surface area contributed by atoms with Gasteiger partial charge in [0, 0.05) is 22.8 Å². The summed E-state index contributed by atoms with van der Waals surface area (Å²) in [7, 11) is 0. The Balaban J connectivity index is 2.52. The number of hydrogen-bond donors (Lipinski definition) is 5. The number of non-ortho nitro benzene ring substituents is 1. The van der Waals surface area contributed by atoms with E-state index in [4.69, 9.17) is 11.5 Å². The van der Waals surface area contributed by atoms with Gasteiger partial charge in [0.1, 0.15) is 18.1 Å². The Kier molecular flexibility index (Phi) is 10.5. The van der Waals surface area contributed by atoms with E-state index in [1.54, 1.807) is 6.92 Å². The van der Waals surface area contributed by atoms with Crippen molar-refractivity contribution in [3.05, 3.63) is 33.9 Å². The van der Waals surface area contributed by atoms with Crippen molar-refractivity contribution in [3.63, 3.8) is 0 Å². The first-order chi connectivity index (χ1) is 16.6. The molecule has 1 aliphatic heterocycles. The monoisotopic (exact) mass is 508 g/mol. The van der Waals surface area contributed by atoms with Gasteiger partial charge < -0.3 is 27.4 Å². The summed E-state index contributed by atoms with van der Waals surface area (Å²) in [5.74, 6) is -2.93. The van der Waals surface area contributed by atoms with Gasteiger partial charge in [-0.25, -0.2) is 0 Å². The molecule has 0 unspecified atom stereocenters. The van der Waals surface area contributed by atoms with Crippen LogP contribution < -0.4 is 27.4 Å². The zero-order valence-corrected chi connectivity index (χ0v) is 20.6. The average molecular weight is 509 g/mol. The van der Waals surface area contributed by atoms with Crippen molar-refractivity contribution in [1.82, 2.24) is 16.0 Å². The Morgan fingerprint density at radius 2 is 1.91 bits per heavy atom. The van der Waals surface area contributed by atoms with E-state index in [1.807, 2.05) is 6.92 Å². The zero-order valence-electron chi connectivity index (χ0n) is 19.7. The molecule has 0 saturated heterocycles. The largest absolute Gasteiger partial charge is 0.368 e. The molecule has 0 saturated carbocycles. The van der Waals surface area contributed by atoms with Gasteiger partial charge in [0.15, 0.2) is 0 Å². The van der Waals surface area contributed by atoms with Crippen LogP contribution in [-0.2, 0) is 14.4 Å². The van der Waals surface area contributed by atoms with Gasteiger partial charge in [0.05, 0.1) is 10.5 Å². The average Bonchev–Trinajstić information content (AvgIpc) is 2.83. The van der Waals surface area contributed by atoms with Gasteiger partial charge >= 0.3 is 0 Å². The van der Waals surface area contributed by atoms with Crippen molar-refractivity contribution < 1.29 is 24.1 Å². The first kappa shape index (κ1) is 28.1. The maximum Gasteiger partial charge on any atom is 0.270 e. The lowest BCUT2D eigenvalue weighted by Gasteiger charge is -2.27. The summed E-state index contributed by atoms with van der Waals surface area (Å²) in [5.41, 5.74) is 10.7. The minimum absolute atomic E-state index is 0.0152. The van der Waals surface area contributed by atoms with E-state index >= 15 is 0 Å². The van der Waals surface area contributed by atoms with Crippen LogP contribution in [0.15, 0.2) is 23.1 Å². The number of nitro groups is 1. The number of thioether (sulfide) groups is 1. The van der Waals surface area contributed by atoms with Gasteiger partial charge in [0.2, 0.25) is 17.7 Å². The second-order valence-corrected chi connectivity index (χ2v) is 9.46. The van der Waals surface area contributed by atoms with E-state index in [0.29, 0.717) is 30.7 Å². The number of amides is 4. The molecule has 13 heteroatoms. The van der Waals surface area contributed by atoms with Gasteiger partial charge in [-0.2, -0.15) is 0 Å². The lowest BCUT2D eigenvalue weighted by Crippen LogP contribution is -2.57. The Labute approximate surface area is 207 Å². The lowest BCUT2D eigenvalue weighted by atomic mass is 9.97. The molecule has 7 N–H and O–H groups in total. The molecule has 0 fully saturated rings. The zero-order chi connectivity index (χ0) is 26.1. The molecule has 1 aromatic rings. The number of rotatable bonds is 8. The van der Waals surface area contributed by atoms with Crippen LogP contribution in [-0.4, -0.2) is 59.0 Å². The van der Waals surface area contributed by atoms with E-state index in [-0.39, 0.29) is 29.3 Å². The number of nitro benzene ring substituents is 1. The fourth-order valence-electron chi connectivity index (χ4n) is 3.52. The van der Waals surface area contributed by atoms with Crippen molar-refractivity contribution in [2.24, 2.45) is 17.4 Å². The maximum absolute atomic E-state index is 13.2. The summed E-state index contributed by atoms with van der Waals surface area (Å²) in [6.07, 6.45) is 2.01. The number of primary amides is 1. The minimum atomic E-state index is -1.10. The molecule has 4 amide bonds. The summed E-state index contributed by atoms with van der Waals surface area (Å²) in [5, 5.41) is 19.3. The highest BCUT2D eigenvalue weighted by molar-refractivity contribution is 7.99. The molecule has 1 aliphatic rings. The number of nitrogens with zero attached hydrogens (tertiary/aromatic N) is 1. The maximum atomic E-state index is 13.2. The van der Waals surface area contributed by atoms with E-state index < -0.39 is 46.7 Å². The molecule has 192 valence electrons. The van der Waals surface area contributed by atoms with E-state index in [1.165, 1.54) is 12.1 Å². The molecule has 12 nitrogen and oxygen atoms in total. The fourth-order valence-corrected chi connectivity index (χ4v) is 4.58. The van der Waals surface area contributed by atoms with Crippen molar-refractivity contribution >= 4 is 41.1 Å². The highest BCUT2D eigenvalue weighted by Gasteiger charge is 2.33. The normalized spacial score (nSPS) is 22.3. The highest BCUT2D eigenvalue weighted by Crippen LogP contribution is 2.28. The van der Waals surface area contributed by atoms with Crippen LogP contribution in [0.5, 0.6) is 0 Å². The fraction of sp³-hybridized carbons (Fsp3) is 0.545. The Hall–Kier alpha value is -3.19. The van der Waals surface area contributed by atoms with E-state index in [0.717, 1.165) is 17.8 Å². The van der Waals surface area contributed by atoms with E-state index in [9.17, 15) is 29.3 Å². The lowest BCUT2D eigenvalue weighted by molar-refractivity contribution is -0.384. The second kappa shape index (κ2) is 13.0. The van der Waals surface area contributed by atoms with Crippen LogP contribution in [0.3, 0.4) is 0 Å². The summed E-state index contributed by atoms with van der Waals surface area (Å²) < 4.78 is 0. The summed E-state index contributed by atoms with van der Waals surface area (Å²) >= 11 is 1.05. The SMILES string of the molecule is CC[C@@H](C)[C@@H]1NC(=O)c2cc([N+](=O)[O-])ccc2SC[C@@H](C(N)=O)NC(=O)[C@H](CCCCN)NC1=O. The first-order valence-corrected chi connectivity index (χ1v) is 12.4. The van der Waals surface area contributed by atoms with Gasteiger partial charge in [0.25, 0.3) is 11.6 Å². The van der Waals surface area contributed by atoms with Crippen LogP contribution in [0.4, 0.5) is 5.69 Å². The Bertz CT molecular complexity index is 974. The van der Waals surface area contributed by atoms with E-state index in [2.05, 4.69) is 16.0 Å². The molecule has 0 radical (unpaired) electrons. The van der Waals surface area contributed by atoms with Crippen LogP contribution in [0.25, 0.3) is 0 Å². The third-order valence-electron chi connectivity index (χ3n) is 5.85. The molecule has 2 rings (SSSR count). The number of carbonyl (C=O) groups excluding carboxylic acids is 4. The van der Waals surface area contributed by atoms with Crippen LogP contribution in [0.1, 0.15) is 49.9 Å². The summed E-state index contributed by atoms with van der Waals surface area (Å²) in [6, 6.07) is 0.692. The van der Waals surface area contributed by atoms with Gasteiger partial charge in [-0.15, -0.1) is 11.8 Å². The second-order valence-electron chi connectivity index (χ2n) is 8.39. The van der Waals surface area contributed by atoms with Crippen molar-refractivity contribution in [3.8, 4) is 0 Å². The van der Waals surface area contributed by atoms with Crippen LogP contribution in [0.2, 0.25) is 0 Å². The van der Waals surface area contributed by atoms with Crippen molar-refractivity contribution in [2.75, 3.05) is 12.3 Å². The van der Waals surface area contributed by atoms with Crippen molar-refractivity contribution in [1.29, 1.82) is 0 Å².